The van der Waals surface area contributed by atoms with E-state index in [9.17, 15) is 9.59 Å². The number of ether oxygens (including phenoxy) is 1. The molecule has 0 aliphatic rings. The number of aromatic nitrogens is 3. The molecule has 2 aromatic carbocycles. The van der Waals surface area contributed by atoms with Gasteiger partial charge in [-0.15, -0.1) is 10.2 Å². The van der Waals surface area contributed by atoms with Crippen LogP contribution >= 0.6 is 11.8 Å². The molecule has 0 saturated carbocycles. The van der Waals surface area contributed by atoms with Crippen molar-refractivity contribution < 1.29 is 14.3 Å². The number of carbonyl (C=O) groups is 2. The fourth-order valence-electron chi connectivity index (χ4n) is 2.70. The molecule has 0 spiro atoms. The Morgan fingerprint density at radius 2 is 1.87 bits per heavy atom. The Morgan fingerprint density at radius 3 is 2.63 bits per heavy atom. The molecule has 0 saturated heterocycles. The van der Waals surface area contributed by atoms with Crippen molar-refractivity contribution in [3.8, 4) is 5.75 Å². The first-order valence-electron chi connectivity index (χ1n) is 9.26. The van der Waals surface area contributed by atoms with Gasteiger partial charge in [-0.25, -0.2) is 0 Å². The summed E-state index contributed by atoms with van der Waals surface area (Å²) >= 11 is 1.25. The van der Waals surface area contributed by atoms with Gasteiger partial charge in [-0.3, -0.25) is 9.59 Å². The maximum Gasteiger partial charge on any atom is 0.234 e. The summed E-state index contributed by atoms with van der Waals surface area (Å²) in [6.45, 7) is 1.93. The SMILES string of the molecule is COc1cccc(NC(=O)CSc2nnc(CC(=O)Nc3ccccc3C)n2C)c1. The molecule has 0 unspecified atom stereocenters. The Balaban J connectivity index is 1.54. The number of aryl methyl sites for hydroxylation is 1. The number of thioether (sulfide) groups is 1. The first-order chi connectivity index (χ1) is 14.5. The summed E-state index contributed by atoms with van der Waals surface area (Å²) in [7, 11) is 3.35. The number of hydrogen-bond acceptors (Lipinski definition) is 6. The number of benzene rings is 2. The van der Waals surface area contributed by atoms with Crippen LogP contribution in [0.25, 0.3) is 0 Å². The van der Waals surface area contributed by atoms with Crippen LogP contribution in [-0.2, 0) is 23.1 Å². The number of anilines is 2. The van der Waals surface area contributed by atoms with Gasteiger partial charge in [0.2, 0.25) is 11.8 Å². The van der Waals surface area contributed by atoms with Gasteiger partial charge in [0.05, 0.1) is 19.3 Å². The highest BCUT2D eigenvalue weighted by atomic mass is 32.2. The molecule has 9 heteroatoms. The minimum atomic E-state index is -0.174. The van der Waals surface area contributed by atoms with Gasteiger partial charge in [0.15, 0.2) is 5.16 Å². The first kappa shape index (κ1) is 21.4. The molecule has 0 aliphatic heterocycles. The molecule has 1 heterocycles. The highest BCUT2D eigenvalue weighted by molar-refractivity contribution is 7.99. The summed E-state index contributed by atoms with van der Waals surface area (Å²) in [6.07, 6.45) is 0.0917. The number of nitrogens with zero attached hydrogens (tertiary/aromatic N) is 3. The maximum atomic E-state index is 12.3. The molecule has 8 nitrogen and oxygen atoms in total. The lowest BCUT2D eigenvalue weighted by Gasteiger charge is -2.08. The number of methoxy groups -OCH3 is 1. The van der Waals surface area contributed by atoms with E-state index in [0.29, 0.717) is 22.4 Å². The largest absolute Gasteiger partial charge is 0.497 e. The molecule has 0 radical (unpaired) electrons. The van der Waals surface area contributed by atoms with Crippen LogP contribution in [0.5, 0.6) is 5.75 Å². The van der Waals surface area contributed by atoms with Gasteiger partial charge in [-0.1, -0.05) is 36.0 Å². The van der Waals surface area contributed by atoms with Crippen LogP contribution in [-0.4, -0.2) is 39.4 Å². The zero-order valence-corrected chi connectivity index (χ0v) is 17.8. The predicted molar refractivity (Wildman–Crippen MR) is 117 cm³/mol. The van der Waals surface area contributed by atoms with Crippen molar-refractivity contribution in [3.05, 3.63) is 59.9 Å². The lowest BCUT2D eigenvalue weighted by molar-refractivity contribution is -0.116. The summed E-state index contributed by atoms with van der Waals surface area (Å²) in [5, 5.41) is 14.4. The molecule has 30 heavy (non-hydrogen) atoms. The van der Waals surface area contributed by atoms with Gasteiger partial charge >= 0.3 is 0 Å². The van der Waals surface area contributed by atoms with Crippen LogP contribution in [0.3, 0.4) is 0 Å². The van der Waals surface area contributed by atoms with Crippen LogP contribution < -0.4 is 15.4 Å². The Hall–Kier alpha value is -3.33. The van der Waals surface area contributed by atoms with E-state index >= 15 is 0 Å². The number of nitrogens with one attached hydrogen (secondary N) is 2. The number of rotatable bonds is 8. The Kier molecular flexibility index (Phi) is 7.08. The first-order valence-corrected chi connectivity index (χ1v) is 10.3. The summed E-state index contributed by atoms with van der Waals surface area (Å²) in [4.78, 5) is 24.6. The monoisotopic (exact) mass is 425 g/mol. The van der Waals surface area contributed by atoms with Crippen LogP contribution in [0, 0.1) is 6.92 Å². The summed E-state index contributed by atoms with van der Waals surface area (Å²) in [5.74, 6) is 1.01. The van der Waals surface area contributed by atoms with E-state index in [2.05, 4.69) is 20.8 Å². The van der Waals surface area contributed by atoms with Gasteiger partial charge in [0, 0.05) is 24.5 Å². The molecule has 2 N–H and O–H groups in total. The van der Waals surface area contributed by atoms with Crippen molar-refractivity contribution in [2.24, 2.45) is 7.05 Å². The maximum absolute atomic E-state index is 12.3. The summed E-state index contributed by atoms with van der Waals surface area (Å²) < 4.78 is 6.87. The molecule has 1 aromatic heterocycles. The van der Waals surface area contributed by atoms with Gasteiger partial charge in [0.1, 0.15) is 11.6 Å². The van der Waals surface area contributed by atoms with Crippen molar-refractivity contribution in [2.45, 2.75) is 18.5 Å². The van der Waals surface area contributed by atoms with Crippen molar-refractivity contribution in [1.29, 1.82) is 0 Å². The fraction of sp³-hybridized carbons (Fsp3) is 0.238. The van der Waals surface area contributed by atoms with E-state index in [1.54, 1.807) is 43.0 Å². The standard InChI is InChI=1S/C21H23N5O3S/c1-14-7-4-5-10-17(14)23-19(27)12-18-24-25-21(26(18)2)30-13-20(28)22-15-8-6-9-16(11-15)29-3/h4-11H,12-13H2,1-3H3,(H,22,28)(H,23,27). The molecule has 0 aliphatic carbocycles. The lowest BCUT2D eigenvalue weighted by Crippen LogP contribution is -2.17. The van der Waals surface area contributed by atoms with Gasteiger partial charge in [-0.2, -0.15) is 0 Å². The number of carbonyl (C=O) groups excluding carboxylic acids is 2. The molecule has 3 aromatic rings. The van der Waals surface area contributed by atoms with Crippen LogP contribution in [0.15, 0.2) is 53.7 Å². The highest BCUT2D eigenvalue weighted by Gasteiger charge is 2.15. The normalized spacial score (nSPS) is 10.5. The van der Waals surface area contributed by atoms with Gasteiger partial charge < -0.3 is 19.9 Å². The second kappa shape index (κ2) is 9.93. The average Bonchev–Trinajstić information content (AvgIpc) is 3.07. The second-order valence-electron chi connectivity index (χ2n) is 6.57. The number of para-hydroxylation sites is 1. The van der Waals surface area contributed by atoms with Crippen LogP contribution in [0.4, 0.5) is 11.4 Å². The van der Waals surface area contributed by atoms with E-state index < -0.39 is 0 Å². The molecule has 0 fully saturated rings. The lowest BCUT2D eigenvalue weighted by atomic mass is 10.2. The van der Waals surface area contributed by atoms with Crippen molar-refractivity contribution in [3.63, 3.8) is 0 Å². The zero-order chi connectivity index (χ0) is 21.5. The minimum absolute atomic E-state index is 0.0917. The number of amides is 2. The van der Waals surface area contributed by atoms with Crippen LogP contribution in [0.1, 0.15) is 11.4 Å². The fourth-order valence-corrected chi connectivity index (χ4v) is 3.43. The van der Waals surface area contributed by atoms with Crippen molar-refractivity contribution in [2.75, 3.05) is 23.5 Å². The smallest absolute Gasteiger partial charge is 0.234 e. The quantitative estimate of drug-likeness (QED) is 0.539. The molecular formula is C21H23N5O3S. The number of hydrogen-bond donors (Lipinski definition) is 2. The average molecular weight is 426 g/mol. The van der Waals surface area contributed by atoms with Gasteiger partial charge in [-0.05, 0) is 30.7 Å². The van der Waals surface area contributed by atoms with Crippen LogP contribution in [0.2, 0.25) is 0 Å². The molecule has 0 bridgehead atoms. The summed E-state index contributed by atoms with van der Waals surface area (Å²) in [6, 6.07) is 14.7. The molecule has 2 amide bonds. The topological polar surface area (TPSA) is 98.1 Å². The highest BCUT2D eigenvalue weighted by Crippen LogP contribution is 2.19. The van der Waals surface area contributed by atoms with Gasteiger partial charge in [0.25, 0.3) is 0 Å². The van der Waals surface area contributed by atoms with E-state index in [1.807, 2.05) is 31.2 Å². The van der Waals surface area contributed by atoms with Crippen molar-refractivity contribution >= 4 is 35.0 Å². The zero-order valence-electron chi connectivity index (χ0n) is 17.0. The van der Waals surface area contributed by atoms with E-state index in [4.69, 9.17) is 4.74 Å². The summed E-state index contributed by atoms with van der Waals surface area (Å²) in [5.41, 5.74) is 2.42. The molecule has 3 rings (SSSR count). The molecule has 0 atom stereocenters. The Bertz CT molecular complexity index is 1050. The van der Waals surface area contributed by atoms with E-state index in [1.165, 1.54) is 11.8 Å². The molecular weight excluding hydrogens is 402 g/mol. The predicted octanol–water partition coefficient (Wildman–Crippen LogP) is 3.04. The van der Waals surface area contributed by atoms with E-state index in [0.717, 1.165) is 11.3 Å². The van der Waals surface area contributed by atoms with Crippen molar-refractivity contribution in [1.82, 2.24) is 14.8 Å². The Morgan fingerprint density at radius 1 is 1.07 bits per heavy atom. The minimum Gasteiger partial charge on any atom is -0.497 e. The molecule has 156 valence electrons. The van der Waals surface area contributed by atoms with E-state index in [-0.39, 0.29) is 24.0 Å². The third-order valence-electron chi connectivity index (χ3n) is 4.35. The third-order valence-corrected chi connectivity index (χ3v) is 5.37. The second-order valence-corrected chi connectivity index (χ2v) is 7.51. The Labute approximate surface area is 179 Å². The third kappa shape index (κ3) is 5.60.